The van der Waals surface area contributed by atoms with Gasteiger partial charge in [-0.2, -0.15) is 0 Å². The quantitative estimate of drug-likeness (QED) is 0.799. The molecule has 2 heterocycles. The summed E-state index contributed by atoms with van der Waals surface area (Å²) in [6.45, 7) is 4.01. The highest BCUT2D eigenvalue weighted by Crippen LogP contribution is 2.34. The van der Waals surface area contributed by atoms with Gasteiger partial charge in [-0.25, -0.2) is 0 Å². The zero-order valence-electron chi connectivity index (χ0n) is 12.1. The van der Waals surface area contributed by atoms with Crippen molar-refractivity contribution in [3.63, 3.8) is 0 Å². The van der Waals surface area contributed by atoms with Gasteiger partial charge >= 0.3 is 0 Å². The van der Waals surface area contributed by atoms with Gasteiger partial charge in [-0.1, -0.05) is 36.4 Å². The Hall–Kier alpha value is -1.28. The molecule has 2 fully saturated rings. The second kappa shape index (κ2) is 6.87. The predicted octanol–water partition coefficient (Wildman–Crippen LogP) is 0.750. The molecule has 1 aromatic carbocycles. The maximum atomic E-state index is 10.3. The minimum Gasteiger partial charge on any atom is -0.387 e. The van der Waals surface area contributed by atoms with E-state index in [9.17, 15) is 10.2 Å². The van der Waals surface area contributed by atoms with E-state index in [0.717, 1.165) is 5.56 Å². The van der Waals surface area contributed by atoms with Gasteiger partial charge in [0.2, 0.25) is 0 Å². The van der Waals surface area contributed by atoms with E-state index in [4.69, 9.17) is 18.9 Å². The summed E-state index contributed by atoms with van der Waals surface area (Å²) in [5.41, 5.74) is 0.854. The molecule has 0 bridgehead atoms. The van der Waals surface area contributed by atoms with Gasteiger partial charge in [-0.3, -0.25) is 0 Å². The molecule has 6 heteroatoms. The van der Waals surface area contributed by atoms with Crippen LogP contribution < -0.4 is 0 Å². The molecule has 120 valence electrons. The third-order valence-corrected chi connectivity index (χ3v) is 3.78. The average Bonchev–Trinajstić information content (AvgIpc) is 2.57. The van der Waals surface area contributed by atoms with Crippen LogP contribution in [0.15, 0.2) is 43.0 Å². The Bertz CT molecular complexity index is 491. The van der Waals surface area contributed by atoms with Crippen molar-refractivity contribution in [2.24, 2.45) is 0 Å². The molecule has 2 saturated heterocycles. The number of rotatable bonds is 4. The summed E-state index contributed by atoms with van der Waals surface area (Å²) >= 11 is 0. The Balaban J connectivity index is 1.69. The lowest BCUT2D eigenvalue weighted by molar-refractivity contribution is -0.360. The van der Waals surface area contributed by atoms with E-state index in [1.165, 1.54) is 0 Å². The number of benzene rings is 1. The van der Waals surface area contributed by atoms with Crippen molar-refractivity contribution < 1.29 is 29.2 Å². The lowest BCUT2D eigenvalue weighted by Crippen LogP contribution is -2.62. The molecular weight excluding hydrogens is 288 g/mol. The van der Waals surface area contributed by atoms with E-state index in [1.807, 2.05) is 30.3 Å². The highest BCUT2D eigenvalue weighted by Gasteiger charge is 2.49. The topological polar surface area (TPSA) is 77.4 Å². The van der Waals surface area contributed by atoms with Crippen LogP contribution in [0, 0.1) is 0 Å². The van der Waals surface area contributed by atoms with E-state index in [0.29, 0.717) is 0 Å². The first-order chi connectivity index (χ1) is 10.7. The molecular formula is C16H20O6. The normalized spacial score (nSPS) is 38.3. The minimum atomic E-state index is -1.18. The van der Waals surface area contributed by atoms with Crippen LogP contribution in [-0.2, 0) is 18.9 Å². The van der Waals surface area contributed by atoms with Gasteiger partial charge in [0.05, 0.1) is 13.2 Å². The van der Waals surface area contributed by atoms with Crippen LogP contribution in [-0.4, -0.2) is 54.1 Å². The molecule has 2 N–H and O–H groups in total. The standard InChI is InChI=1S/C16H20O6/c1-2-8-19-16-13(18)12(17)14-11(21-16)9-20-15(22-14)10-6-4-3-5-7-10/h2-7,11-18H,1,8-9H2/t11-,12+,13-,14+,15+,16-/m1/s1. The lowest BCUT2D eigenvalue weighted by atomic mass is 9.98. The van der Waals surface area contributed by atoms with Gasteiger partial charge in [-0.15, -0.1) is 6.58 Å². The third kappa shape index (κ3) is 3.08. The molecule has 0 radical (unpaired) electrons. The molecule has 0 spiro atoms. The van der Waals surface area contributed by atoms with Crippen LogP contribution in [0.25, 0.3) is 0 Å². The zero-order valence-corrected chi connectivity index (χ0v) is 12.1. The fraction of sp³-hybridized carbons (Fsp3) is 0.500. The Morgan fingerprint density at radius 3 is 2.68 bits per heavy atom. The molecule has 0 amide bonds. The molecule has 6 atom stereocenters. The first-order valence-corrected chi connectivity index (χ1v) is 7.27. The number of aliphatic hydroxyl groups is 2. The molecule has 2 aliphatic rings. The maximum Gasteiger partial charge on any atom is 0.187 e. The van der Waals surface area contributed by atoms with Gasteiger partial charge in [0.25, 0.3) is 0 Å². The van der Waals surface area contributed by atoms with Crippen molar-refractivity contribution in [1.82, 2.24) is 0 Å². The summed E-state index contributed by atoms with van der Waals surface area (Å²) in [5.74, 6) is 0. The monoisotopic (exact) mass is 308 g/mol. The van der Waals surface area contributed by atoms with E-state index in [-0.39, 0.29) is 13.2 Å². The summed E-state index contributed by atoms with van der Waals surface area (Å²) in [6, 6.07) is 9.44. The Kier molecular flexibility index (Phi) is 4.87. The molecule has 0 aliphatic carbocycles. The highest BCUT2D eigenvalue weighted by atomic mass is 16.8. The summed E-state index contributed by atoms with van der Waals surface area (Å²) in [4.78, 5) is 0. The molecule has 0 unspecified atom stereocenters. The molecule has 1 aromatic rings. The van der Waals surface area contributed by atoms with Crippen molar-refractivity contribution >= 4 is 0 Å². The van der Waals surface area contributed by atoms with Gasteiger partial charge in [0, 0.05) is 5.56 Å². The van der Waals surface area contributed by atoms with Crippen LogP contribution in [0.2, 0.25) is 0 Å². The van der Waals surface area contributed by atoms with Crippen LogP contribution >= 0.6 is 0 Å². The largest absolute Gasteiger partial charge is 0.387 e. The van der Waals surface area contributed by atoms with Crippen molar-refractivity contribution in [3.8, 4) is 0 Å². The van der Waals surface area contributed by atoms with Crippen LogP contribution in [0.1, 0.15) is 11.9 Å². The fourth-order valence-electron chi connectivity index (χ4n) is 2.66. The predicted molar refractivity (Wildman–Crippen MR) is 76.8 cm³/mol. The minimum absolute atomic E-state index is 0.222. The average molecular weight is 308 g/mol. The van der Waals surface area contributed by atoms with Crippen LogP contribution in [0.3, 0.4) is 0 Å². The maximum absolute atomic E-state index is 10.3. The zero-order chi connectivity index (χ0) is 15.5. The third-order valence-electron chi connectivity index (χ3n) is 3.78. The van der Waals surface area contributed by atoms with Crippen molar-refractivity contribution in [2.45, 2.75) is 37.0 Å². The van der Waals surface area contributed by atoms with Crippen molar-refractivity contribution in [3.05, 3.63) is 48.6 Å². The number of fused-ring (bicyclic) bond motifs is 1. The SMILES string of the molecule is C=CCO[C@@H]1O[C@@H]2CO[C@H](c3ccccc3)O[C@@H]2[C@@H](O)[C@H]1O. The number of hydrogen-bond donors (Lipinski definition) is 2. The van der Waals surface area contributed by atoms with E-state index < -0.39 is 37.0 Å². The summed E-state index contributed by atoms with van der Waals surface area (Å²) in [7, 11) is 0. The van der Waals surface area contributed by atoms with Crippen LogP contribution in [0.5, 0.6) is 0 Å². The van der Waals surface area contributed by atoms with E-state index >= 15 is 0 Å². The first kappa shape index (κ1) is 15.6. The van der Waals surface area contributed by atoms with Crippen molar-refractivity contribution in [1.29, 1.82) is 0 Å². The Morgan fingerprint density at radius 1 is 1.18 bits per heavy atom. The van der Waals surface area contributed by atoms with E-state index in [1.54, 1.807) is 6.08 Å². The molecule has 2 aliphatic heterocycles. The molecule has 3 rings (SSSR count). The molecule has 6 nitrogen and oxygen atoms in total. The number of hydrogen-bond acceptors (Lipinski definition) is 6. The molecule has 0 saturated carbocycles. The van der Waals surface area contributed by atoms with Crippen molar-refractivity contribution in [2.75, 3.05) is 13.2 Å². The fourth-order valence-corrected chi connectivity index (χ4v) is 2.66. The van der Waals surface area contributed by atoms with Crippen LogP contribution in [0.4, 0.5) is 0 Å². The first-order valence-electron chi connectivity index (χ1n) is 7.27. The van der Waals surface area contributed by atoms with Gasteiger partial charge < -0.3 is 29.2 Å². The lowest BCUT2D eigenvalue weighted by Gasteiger charge is -2.46. The smallest absolute Gasteiger partial charge is 0.187 e. The summed E-state index contributed by atoms with van der Waals surface area (Å²) in [5, 5.41) is 20.4. The second-order valence-electron chi connectivity index (χ2n) is 5.32. The number of ether oxygens (including phenoxy) is 4. The molecule has 0 aromatic heterocycles. The highest BCUT2D eigenvalue weighted by molar-refractivity contribution is 5.16. The van der Waals surface area contributed by atoms with Gasteiger partial charge in [-0.05, 0) is 0 Å². The number of aliphatic hydroxyl groups excluding tert-OH is 2. The Labute approximate surface area is 128 Å². The van der Waals surface area contributed by atoms with E-state index in [2.05, 4.69) is 6.58 Å². The molecule has 22 heavy (non-hydrogen) atoms. The Morgan fingerprint density at radius 2 is 1.95 bits per heavy atom. The summed E-state index contributed by atoms with van der Waals surface area (Å²) < 4.78 is 22.4. The second-order valence-corrected chi connectivity index (χ2v) is 5.32. The summed E-state index contributed by atoms with van der Waals surface area (Å²) in [6.07, 6.45) is -3.41. The van der Waals surface area contributed by atoms with Gasteiger partial charge in [0.15, 0.2) is 12.6 Å². The van der Waals surface area contributed by atoms with Gasteiger partial charge in [0.1, 0.15) is 24.4 Å².